The molecule has 1 heterocycles. The van der Waals surface area contributed by atoms with Gasteiger partial charge in [-0.15, -0.1) is 0 Å². The van der Waals surface area contributed by atoms with Gasteiger partial charge < -0.3 is 4.74 Å². The van der Waals surface area contributed by atoms with Crippen LogP contribution in [0.15, 0.2) is 12.1 Å². The van der Waals surface area contributed by atoms with E-state index in [1.54, 1.807) is 26.0 Å². The lowest BCUT2D eigenvalue weighted by Gasteiger charge is -2.10. The van der Waals surface area contributed by atoms with Crippen molar-refractivity contribution in [3.63, 3.8) is 0 Å². The average Bonchev–Trinajstić information content (AvgIpc) is 2.69. The number of carbonyl (C=O) groups is 1. The summed E-state index contributed by atoms with van der Waals surface area (Å²) in [5, 5.41) is 2.99. The van der Waals surface area contributed by atoms with Crippen LogP contribution in [0.2, 0.25) is 5.02 Å². The van der Waals surface area contributed by atoms with E-state index >= 15 is 0 Å². The van der Waals surface area contributed by atoms with E-state index in [0.29, 0.717) is 21.7 Å². The number of nitrogens with one attached hydrogen (secondary N) is 1. The predicted octanol–water partition coefficient (Wildman–Crippen LogP) is 3.30. The van der Waals surface area contributed by atoms with Gasteiger partial charge in [-0.25, -0.2) is 4.79 Å². The van der Waals surface area contributed by atoms with Crippen molar-refractivity contribution in [3.8, 4) is 0 Å². The molecule has 5 nitrogen and oxygen atoms in total. The van der Waals surface area contributed by atoms with Crippen LogP contribution in [0.5, 0.6) is 0 Å². The van der Waals surface area contributed by atoms with Crippen molar-refractivity contribution in [1.82, 2.24) is 8.75 Å². The normalized spacial score (nSPS) is 10.8. The molecule has 0 bridgehead atoms. The smallest absolute Gasteiger partial charge is 0.411 e. The molecule has 17 heavy (non-hydrogen) atoms. The molecule has 0 radical (unpaired) electrons. The summed E-state index contributed by atoms with van der Waals surface area (Å²) in [7, 11) is 0. The van der Waals surface area contributed by atoms with Crippen molar-refractivity contribution < 1.29 is 9.53 Å². The van der Waals surface area contributed by atoms with Crippen molar-refractivity contribution in [1.29, 1.82) is 0 Å². The molecule has 0 saturated heterocycles. The number of benzene rings is 1. The third-order valence-electron chi connectivity index (χ3n) is 1.95. The number of hydrogen-bond acceptors (Lipinski definition) is 5. The van der Waals surface area contributed by atoms with Crippen LogP contribution >= 0.6 is 23.3 Å². The topological polar surface area (TPSA) is 64.1 Å². The van der Waals surface area contributed by atoms with Crippen molar-refractivity contribution in [2.75, 3.05) is 5.32 Å². The summed E-state index contributed by atoms with van der Waals surface area (Å²) in [4.78, 5) is 11.5. The fourth-order valence-corrected chi connectivity index (χ4v) is 2.03. The van der Waals surface area contributed by atoms with E-state index in [4.69, 9.17) is 16.3 Å². The molecule has 2 aromatic rings. The van der Waals surface area contributed by atoms with Gasteiger partial charge in [0.2, 0.25) is 0 Å². The predicted molar refractivity (Wildman–Crippen MR) is 67.7 cm³/mol. The average molecular weight is 272 g/mol. The van der Waals surface area contributed by atoms with Gasteiger partial charge in [-0.1, -0.05) is 11.6 Å². The summed E-state index contributed by atoms with van der Waals surface area (Å²) in [6.45, 7) is 3.54. The first-order chi connectivity index (χ1) is 8.08. The van der Waals surface area contributed by atoms with Crippen molar-refractivity contribution in [2.45, 2.75) is 20.0 Å². The minimum absolute atomic E-state index is 0.193. The lowest BCUT2D eigenvalue weighted by molar-refractivity contribution is 0.130. The SMILES string of the molecule is CC(C)OC(=O)Nc1c(Cl)ccc2nsnc12. The number of anilines is 1. The van der Waals surface area contributed by atoms with E-state index in [1.165, 1.54) is 0 Å². The molecule has 0 aliphatic rings. The van der Waals surface area contributed by atoms with Crippen molar-refractivity contribution in [3.05, 3.63) is 17.2 Å². The molecule has 0 aliphatic heterocycles. The number of rotatable bonds is 2. The molecule has 90 valence electrons. The highest BCUT2D eigenvalue weighted by atomic mass is 35.5. The lowest BCUT2D eigenvalue weighted by atomic mass is 10.2. The van der Waals surface area contributed by atoms with Crippen molar-refractivity contribution in [2.24, 2.45) is 0 Å². The molecular weight excluding hydrogens is 262 g/mol. The fourth-order valence-electron chi connectivity index (χ4n) is 1.29. The molecule has 0 unspecified atom stereocenters. The highest BCUT2D eigenvalue weighted by Crippen LogP contribution is 2.29. The van der Waals surface area contributed by atoms with Crippen LogP contribution in [0, 0.1) is 0 Å². The molecule has 1 amide bonds. The molecular formula is C10H10ClN3O2S. The van der Waals surface area contributed by atoms with Gasteiger partial charge in [-0.2, -0.15) is 8.75 Å². The highest BCUT2D eigenvalue weighted by Gasteiger charge is 2.14. The van der Waals surface area contributed by atoms with Crippen LogP contribution in [0.4, 0.5) is 10.5 Å². The highest BCUT2D eigenvalue weighted by molar-refractivity contribution is 7.00. The zero-order valence-electron chi connectivity index (χ0n) is 9.23. The Morgan fingerprint density at radius 1 is 1.47 bits per heavy atom. The van der Waals surface area contributed by atoms with Gasteiger partial charge in [0.15, 0.2) is 0 Å². The first kappa shape index (κ1) is 12.1. The zero-order valence-corrected chi connectivity index (χ0v) is 10.8. The Morgan fingerprint density at radius 3 is 2.94 bits per heavy atom. The minimum atomic E-state index is -0.553. The molecule has 2 rings (SSSR count). The standard InChI is InChI=1S/C10H10ClN3O2S/c1-5(2)16-10(15)12-8-6(11)3-4-7-9(8)14-17-13-7/h3-5H,1-2H3,(H,12,15). The van der Waals surface area contributed by atoms with E-state index in [1.807, 2.05) is 0 Å². The Labute approximate surface area is 107 Å². The van der Waals surface area contributed by atoms with Crippen LogP contribution in [0.1, 0.15) is 13.8 Å². The Balaban J connectivity index is 2.31. The van der Waals surface area contributed by atoms with Gasteiger partial charge in [0.05, 0.1) is 28.5 Å². The van der Waals surface area contributed by atoms with E-state index < -0.39 is 6.09 Å². The molecule has 0 spiro atoms. The fraction of sp³-hybridized carbons (Fsp3) is 0.300. The maximum atomic E-state index is 11.5. The van der Waals surface area contributed by atoms with Gasteiger partial charge in [-0.3, -0.25) is 5.32 Å². The van der Waals surface area contributed by atoms with E-state index in [0.717, 1.165) is 11.7 Å². The van der Waals surface area contributed by atoms with Gasteiger partial charge in [0, 0.05) is 0 Å². The Hall–Kier alpha value is -1.40. The lowest BCUT2D eigenvalue weighted by Crippen LogP contribution is -2.18. The van der Waals surface area contributed by atoms with Crippen LogP contribution in [-0.2, 0) is 4.74 Å². The summed E-state index contributed by atoms with van der Waals surface area (Å²) in [6.07, 6.45) is -0.746. The quantitative estimate of drug-likeness (QED) is 0.910. The van der Waals surface area contributed by atoms with Crippen molar-refractivity contribution >= 4 is 46.1 Å². The summed E-state index contributed by atoms with van der Waals surface area (Å²) in [6, 6.07) is 3.41. The molecule has 1 aromatic heterocycles. The number of hydrogen-bond donors (Lipinski definition) is 1. The number of carbonyl (C=O) groups excluding carboxylic acids is 1. The first-order valence-electron chi connectivity index (χ1n) is 4.96. The second kappa shape index (κ2) is 4.85. The van der Waals surface area contributed by atoms with Crippen LogP contribution in [0.3, 0.4) is 0 Å². The molecule has 0 fully saturated rings. The van der Waals surface area contributed by atoms with E-state index in [9.17, 15) is 4.79 Å². The largest absolute Gasteiger partial charge is 0.447 e. The summed E-state index contributed by atoms with van der Waals surface area (Å²) >= 11 is 7.07. The van der Waals surface area contributed by atoms with Gasteiger partial charge in [0.1, 0.15) is 11.0 Å². The number of halogens is 1. The molecule has 0 atom stereocenters. The van der Waals surface area contributed by atoms with Gasteiger partial charge in [0.25, 0.3) is 0 Å². The first-order valence-corrected chi connectivity index (χ1v) is 6.07. The molecule has 7 heteroatoms. The molecule has 0 saturated carbocycles. The maximum Gasteiger partial charge on any atom is 0.411 e. The molecule has 1 N–H and O–H groups in total. The maximum absolute atomic E-state index is 11.5. The number of fused-ring (bicyclic) bond motifs is 1. The summed E-state index contributed by atoms with van der Waals surface area (Å²) in [5.74, 6) is 0. The van der Waals surface area contributed by atoms with Gasteiger partial charge >= 0.3 is 6.09 Å². The van der Waals surface area contributed by atoms with Crippen LogP contribution in [-0.4, -0.2) is 20.9 Å². The minimum Gasteiger partial charge on any atom is -0.447 e. The molecule has 0 aliphatic carbocycles. The number of ether oxygens (including phenoxy) is 1. The summed E-state index contributed by atoms with van der Waals surface area (Å²) in [5.41, 5.74) is 1.70. The Morgan fingerprint density at radius 2 is 2.24 bits per heavy atom. The van der Waals surface area contributed by atoms with Gasteiger partial charge in [-0.05, 0) is 26.0 Å². The summed E-state index contributed by atoms with van der Waals surface area (Å²) < 4.78 is 13.1. The van der Waals surface area contributed by atoms with E-state index in [2.05, 4.69) is 14.1 Å². The Kier molecular flexibility index (Phi) is 3.44. The van der Waals surface area contributed by atoms with Crippen LogP contribution < -0.4 is 5.32 Å². The second-order valence-corrected chi connectivity index (χ2v) is 4.57. The Bertz CT molecular complexity index is 555. The van der Waals surface area contributed by atoms with Crippen LogP contribution in [0.25, 0.3) is 11.0 Å². The van der Waals surface area contributed by atoms with E-state index in [-0.39, 0.29) is 6.10 Å². The number of aromatic nitrogens is 2. The number of nitrogens with zero attached hydrogens (tertiary/aromatic N) is 2. The zero-order chi connectivity index (χ0) is 12.4. The third-order valence-corrected chi connectivity index (χ3v) is 2.80. The molecule has 1 aromatic carbocycles. The third kappa shape index (κ3) is 2.65. The number of amides is 1. The monoisotopic (exact) mass is 271 g/mol. The second-order valence-electron chi connectivity index (χ2n) is 3.63.